The minimum Gasteiger partial charge on any atom is -0.440 e. The normalized spacial score (nSPS) is 16.2. The van der Waals surface area contributed by atoms with Gasteiger partial charge in [0, 0.05) is 24.6 Å². The molecule has 1 aliphatic rings. The highest BCUT2D eigenvalue weighted by Crippen LogP contribution is 2.34. The van der Waals surface area contributed by atoms with Gasteiger partial charge in [-0.3, -0.25) is 9.48 Å². The highest BCUT2D eigenvalue weighted by molar-refractivity contribution is 7.13. The fourth-order valence-electron chi connectivity index (χ4n) is 3.67. The summed E-state index contributed by atoms with van der Waals surface area (Å²) in [6.45, 7) is 2.33. The number of thiophene rings is 1. The van der Waals surface area contributed by atoms with Gasteiger partial charge in [-0.2, -0.15) is 5.10 Å². The molecule has 140 valence electrons. The summed E-state index contributed by atoms with van der Waals surface area (Å²) in [5.74, 6) is 0.880. The molecule has 0 saturated carbocycles. The zero-order valence-electron chi connectivity index (χ0n) is 15.3. The Morgan fingerprint density at radius 3 is 2.89 bits per heavy atom. The first-order chi connectivity index (χ1) is 13.7. The molecule has 1 aromatic carbocycles. The van der Waals surface area contributed by atoms with Gasteiger partial charge in [0.05, 0.1) is 10.9 Å². The van der Waals surface area contributed by atoms with E-state index in [2.05, 4.69) is 16.1 Å². The van der Waals surface area contributed by atoms with Crippen LogP contribution in [0.25, 0.3) is 10.8 Å². The monoisotopic (exact) mass is 390 g/mol. The third-order valence-corrected chi connectivity index (χ3v) is 5.86. The summed E-state index contributed by atoms with van der Waals surface area (Å²) in [6, 6.07) is 13.9. The third kappa shape index (κ3) is 2.84. The smallest absolute Gasteiger partial charge is 0.280 e. The number of oxazole rings is 1. The lowest BCUT2D eigenvalue weighted by molar-refractivity contribution is 0.0974. The van der Waals surface area contributed by atoms with Crippen LogP contribution in [0.2, 0.25) is 0 Å². The summed E-state index contributed by atoms with van der Waals surface area (Å²) in [5.41, 5.74) is 2.41. The van der Waals surface area contributed by atoms with Crippen LogP contribution in [-0.2, 0) is 6.42 Å². The van der Waals surface area contributed by atoms with E-state index in [0.29, 0.717) is 23.9 Å². The van der Waals surface area contributed by atoms with Gasteiger partial charge in [0.2, 0.25) is 5.89 Å². The number of amides is 1. The van der Waals surface area contributed by atoms with E-state index < -0.39 is 0 Å². The van der Waals surface area contributed by atoms with Crippen molar-refractivity contribution in [1.82, 2.24) is 14.8 Å². The first-order valence-electron chi connectivity index (χ1n) is 9.11. The number of aryl methyl sites for hydroxylation is 1. The van der Waals surface area contributed by atoms with Crippen LogP contribution in [0.3, 0.4) is 0 Å². The van der Waals surface area contributed by atoms with Crippen molar-refractivity contribution in [3.05, 3.63) is 77.3 Å². The molecule has 7 heteroatoms. The number of hydrogen-bond donors (Lipinski definition) is 0. The number of anilines is 1. The van der Waals surface area contributed by atoms with Crippen molar-refractivity contribution in [2.24, 2.45) is 0 Å². The molecule has 0 aliphatic carbocycles. The Labute approximate surface area is 166 Å². The SMILES string of the molecule is Cc1oc(-c2cccs2)nc1C(=O)N1CC(n2cccn2)Cc2ccccc21. The van der Waals surface area contributed by atoms with E-state index in [9.17, 15) is 4.79 Å². The van der Waals surface area contributed by atoms with Crippen molar-refractivity contribution in [2.75, 3.05) is 11.4 Å². The number of aromatic nitrogens is 3. The van der Waals surface area contributed by atoms with Gasteiger partial charge >= 0.3 is 0 Å². The summed E-state index contributed by atoms with van der Waals surface area (Å²) in [5, 5.41) is 6.34. The van der Waals surface area contributed by atoms with Crippen LogP contribution in [0.5, 0.6) is 0 Å². The fourth-order valence-corrected chi connectivity index (χ4v) is 4.32. The molecule has 3 aromatic heterocycles. The maximum absolute atomic E-state index is 13.5. The molecule has 1 aliphatic heterocycles. The molecule has 4 heterocycles. The molecule has 1 amide bonds. The van der Waals surface area contributed by atoms with Crippen LogP contribution < -0.4 is 4.90 Å². The predicted octanol–water partition coefficient (Wildman–Crippen LogP) is 4.35. The quantitative estimate of drug-likeness (QED) is 0.522. The number of rotatable bonds is 3. The van der Waals surface area contributed by atoms with Crippen LogP contribution >= 0.6 is 11.3 Å². The van der Waals surface area contributed by atoms with Crippen molar-refractivity contribution >= 4 is 22.9 Å². The molecule has 4 aromatic rings. The average molecular weight is 390 g/mol. The largest absolute Gasteiger partial charge is 0.440 e. The minimum absolute atomic E-state index is 0.0813. The van der Waals surface area contributed by atoms with Gasteiger partial charge in [-0.25, -0.2) is 4.98 Å². The molecule has 28 heavy (non-hydrogen) atoms. The standard InChI is InChI=1S/C21H18N4O2S/c1-14-19(23-20(27-14)18-8-4-11-28-18)21(26)24-13-16(25-10-5-9-22-25)12-15-6-2-3-7-17(15)24/h2-11,16H,12-13H2,1H3. The molecule has 0 saturated heterocycles. The van der Waals surface area contributed by atoms with Crippen molar-refractivity contribution in [3.8, 4) is 10.8 Å². The Bertz CT molecular complexity index is 1120. The van der Waals surface area contributed by atoms with E-state index in [4.69, 9.17) is 4.42 Å². The number of para-hydroxylation sites is 1. The zero-order chi connectivity index (χ0) is 19.1. The molecular weight excluding hydrogens is 372 g/mol. The van der Waals surface area contributed by atoms with E-state index in [1.807, 2.05) is 52.7 Å². The number of hydrogen-bond acceptors (Lipinski definition) is 5. The van der Waals surface area contributed by atoms with E-state index in [1.165, 1.54) is 11.3 Å². The summed E-state index contributed by atoms with van der Waals surface area (Å²) < 4.78 is 7.71. The Morgan fingerprint density at radius 1 is 1.21 bits per heavy atom. The van der Waals surface area contributed by atoms with E-state index >= 15 is 0 Å². The Hall–Kier alpha value is -3.19. The molecule has 6 nitrogen and oxygen atoms in total. The van der Waals surface area contributed by atoms with Gasteiger partial charge in [-0.05, 0) is 42.5 Å². The van der Waals surface area contributed by atoms with Crippen LogP contribution in [0, 0.1) is 6.92 Å². The minimum atomic E-state index is -0.145. The molecule has 0 spiro atoms. The lowest BCUT2D eigenvalue weighted by Crippen LogP contribution is -2.41. The average Bonchev–Trinajstić information content (AvgIpc) is 3.47. The lowest BCUT2D eigenvalue weighted by Gasteiger charge is -2.34. The third-order valence-electron chi connectivity index (χ3n) is 5.01. The van der Waals surface area contributed by atoms with Crippen molar-refractivity contribution in [3.63, 3.8) is 0 Å². The fraction of sp³-hybridized carbons (Fsp3) is 0.190. The Balaban J connectivity index is 1.53. The van der Waals surface area contributed by atoms with Gasteiger partial charge in [0.15, 0.2) is 5.69 Å². The molecule has 5 rings (SSSR count). The highest BCUT2D eigenvalue weighted by atomic mass is 32.1. The predicted molar refractivity (Wildman–Crippen MR) is 108 cm³/mol. The van der Waals surface area contributed by atoms with Crippen LogP contribution in [0.1, 0.15) is 27.9 Å². The lowest BCUT2D eigenvalue weighted by atomic mass is 9.97. The summed E-state index contributed by atoms with van der Waals surface area (Å²) in [7, 11) is 0. The molecular formula is C21H18N4O2S. The number of nitrogens with zero attached hydrogens (tertiary/aromatic N) is 4. The van der Waals surface area contributed by atoms with Crippen molar-refractivity contribution < 1.29 is 9.21 Å². The summed E-state index contributed by atoms with van der Waals surface area (Å²) in [4.78, 5) is 20.7. The second-order valence-electron chi connectivity index (χ2n) is 6.79. The van der Waals surface area contributed by atoms with Crippen molar-refractivity contribution in [2.45, 2.75) is 19.4 Å². The van der Waals surface area contributed by atoms with Crippen LogP contribution in [0.15, 0.2) is 64.7 Å². The maximum atomic E-state index is 13.5. The summed E-state index contributed by atoms with van der Waals surface area (Å²) >= 11 is 1.54. The van der Waals surface area contributed by atoms with E-state index in [1.54, 1.807) is 18.0 Å². The maximum Gasteiger partial charge on any atom is 0.280 e. The number of carbonyl (C=O) groups is 1. The van der Waals surface area contributed by atoms with Gasteiger partial charge in [-0.1, -0.05) is 24.3 Å². The Morgan fingerprint density at radius 2 is 2.11 bits per heavy atom. The zero-order valence-corrected chi connectivity index (χ0v) is 16.1. The number of fused-ring (bicyclic) bond motifs is 1. The molecule has 0 fully saturated rings. The van der Waals surface area contributed by atoms with Gasteiger partial charge in [0.1, 0.15) is 5.76 Å². The molecule has 1 atom stereocenters. The number of benzene rings is 1. The second kappa shape index (κ2) is 6.76. The van der Waals surface area contributed by atoms with E-state index in [0.717, 1.165) is 22.5 Å². The number of carbonyl (C=O) groups excluding carboxylic acids is 1. The van der Waals surface area contributed by atoms with Gasteiger partial charge in [-0.15, -0.1) is 11.3 Å². The highest BCUT2D eigenvalue weighted by Gasteiger charge is 2.32. The van der Waals surface area contributed by atoms with Crippen LogP contribution in [-0.4, -0.2) is 27.2 Å². The summed E-state index contributed by atoms with van der Waals surface area (Å²) in [6.07, 6.45) is 4.54. The second-order valence-corrected chi connectivity index (χ2v) is 7.74. The van der Waals surface area contributed by atoms with Crippen molar-refractivity contribution in [1.29, 1.82) is 0 Å². The topological polar surface area (TPSA) is 64.2 Å². The van der Waals surface area contributed by atoms with Gasteiger partial charge in [0.25, 0.3) is 5.91 Å². The Kier molecular flexibility index (Phi) is 4.09. The van der Waals surface area contributed by atoms with E-state index in [-0.39, 0.29) is 11.9 Å². The molecule has 0 radical (unpaired) electrons. The first kappa shape index (κ1) is 16.9. The van der Waals surface area contributed by atoms with Gasteiger partial charge < -0.3 is 9.32 Å². The first-order valence-corrected chi connectivity index (χ1v) is 9.99. The molecule has 0 bridgehead atoms. The molecule has 1 unspecified atom stereocenters. The molecule has 0 N–H and O–H groups in total. The van der Waals surface area contributed by atoms with Crippen LogP contribution in [0.4, 0.5) is 5.69 Å².